The van der Waals surface area contributed by atoms with E-state index in [2.05, 4.69) is 16.7 Å². The number of nitrogens with zero attached hydrogens (tertiary/aromatic N) is 2. The van der Waals surface area contributed by atoms with Crippen LogP contribution in [0, 0.1) is 16.7 Å². The van der Waals surface area contributed by atoms with Crippen molar-refractivity contribution in [3.63, 3.8) is 0 Å². The van der Waals surface area contributed by atoms with Crippen LogP contribution in [0.25, 0.3) is 0 Å². The Morgan fingerprint density at radius 2 is 2.15 bits per heavy atom. The zero-order valence-corrected chi connectivity index (χ0v) is 11.4. The molecule has 0 saturated carbocycles. The zero-order valence-electron chi connectivity index (χ0n) is 11.4. The van der Waals surface area contributed by atoms with E-state index < -0.39 is 0 Å². The summed E-state index contributed by atoms with van der Waals surface area (Å²) in [6.45, 7) is 3.74. The number of carbonyl (C=O) groups excluding carboxylic acids is 1. The van der Waals surface area contributed by atoms with Crippen LogP contribution in [0.1, 0.15) is 18.4 Å². The van der Waals surface area contributed by atoms with Gasteiger partial charge in [0, 0.05) is 30.7 Å². The Labute approximate surface area is 118 Å². The molecule has 0 aliphatic carbocycles. The summed E-state index contributed by atoms with van der Waals surface area (Å²) in [5, 5.41) is 15.0. The van der Waals surface area contributed by atoms with Gasteiger partial charge in [0.2, 0.25) is 0 Å². The van der Waals surface area contributed by atoms with E-state index in [9.17, 15) is 4.79 Å². The minimum atomic E-state index is -0.0431. The molecule has 20 heavy (non-hydrogen) atoms. The smallest absolute Gasteiger partial charge is 0.321 e. The summed E-state index contributed by atoms with van der Waals surface area (Å²) in [4.78, 5) is 14.1. The standard InChI is InChI=1S/C15H18N4O/c16-9-12-1-3-13(4-2-12)18-14(20)19-8-6-15(11-19)5-7-17-10-15/h1-4,17H,5-8,10-11H2,(H,18,20). The number of benzene rings is 1. The second-order valence-electron chi connectivity index (χ2n) is 5.72. The van der Waals surface area contributed by atoms with Gasteiger partial charge in [0.05, 0.1) is 11.6 Å². The van der Waals surface area contributed by atoms with Gasteiger partial charge in [0.25, 0.3) is 0 Å². The fourth-order valence-corrected chi connectivity index (χ4v) is 3.08. The van der Waals surface area contributed by atoms with Crippen molar-refractivity contribution in [2.24, 2.45) is 5.41 Å². The molecule has 2 aliphatic rings. The third kappa shape index (κ3) is 2.47. The lowest BCUT2D eigenvalue weighted by atomic mass is 9.87. The predicted molar refractivity (Wildman–Crippen MR) is 76.3 cm³/mol. The summed E-state index contributed by atoms with van der Waals surface area (Å²) in [5.41, 5.74) is 1.63. The average Bonchev–Trinajstić information content (AvgIpc) is 3.10. The Morgan fingerprint density at radius 3 is 2.80 bits per heavy atom. The van der Waals surface area contributed by atoms with Crippen LogP contribution in [-0.2, 0) is 0 Å². The van der Waals surface area contributed by atoms with Crippen LogP contribution in [0.4, 0.5) is 10.5 Å². The number of likely N-dealkylation sites (tertiary alicyclic amines) is 1. The van der Waals surface area contributed by atoms with E-state index in [1.807, 2.05) is 4.90 Å². The van der Waals surface area contributed by atoms with Crippen LogP contribution >= 0.6 is 0 Å². The van der Waals surface area contributed by atoms with Crippen LogP contribution < -0.4 is 10.6 Å². The number of hydrogen-bond acceptors (Lipinski definition) is 3. The molecule has 2 N–H and O–H groups in total. The van der Waals surface area contributed by atoms with Crippen molar-refractivity contribution in [2.45, 2.75) is 12.8 Å². The third-order valence-corrected chi connectivity index (χ3v) is 4.32. The molecule has 1 spiro atoms. The Morgan fingerprint density at radius 1 is 1.35 bits per heavy atom. The monoisotopic (exact) mass is 270 g/mol. The molecule has 5 heteroatoms. The number of carbonyl (C=O) groups is 1. The maximum Gasteiger partial charge on any atom is 0.321 e. The van der Waals surface area contributed by atoms with E-state index in [0.717, 1.165) is 44.7 Å². The molecule has 0 bridgehead atoms. The van der Waals surface area contributed by atoms with Crippen LogP contribution in [0.2, 0.25) is 0 Å². The molecule has 3 rings (SSSR count). The van der Waals surface area contributed by atoms with Gasteiger partial charge in [0.1, 0.15) is 0 Å². The molecule has 1 aromatic rings. The third-order valence-electron chi connectivity index (χ3n) is 4.32. The van der Waals surface area contributed by atoms with E-state index >= 15 is 0 Å². The Balaban J connectivity index is 1.61. The normalized spacial score (nSPS) is 24.9. The Bertz CT molecular complexity index is 540. The van der Waals surface area contributed by atoms with Crippen molar-refractivity contribution in [1.82, 2.24) is 10.2 Å². The first-order valence-corrected chi connectivity index (χ1v) is 6.98. The van der Waals surface area contributed by atoms with Gasteiger partial charge >= 0.3 is 6.03 Å². The summed E-state index contributed by atoms with van der Waals surface area (Å²) < 4.78 is 0. The molecule has 104 valence electrons. The largest absolute Gasteiger partial charge is 0.324 e. The lowest BCUT2D eigenvalue weighted by molar-refractivity contribution is 0.215. The highest BCUT2D eigenvalue weighted by molar-refractivity contribution is 5.89. The first-order chi connectivity index (χ1) is 9.71. The summed E-state index contributed by atoms with van der Waals surface area (Å²) in [5.74, 6) is 0. The van der Waals surface area contributed by atoms with Crippen LogP contribution in [0.15, 0.2) is 24.3 Å². The number of anilines is 1. The molecule has 5 nitrogen and oxygen atoms in total. The van der Waals surface area contributed by atoms with Crippen molar-refractivity contribution in [1.29, 1.82) is 5.26 Å². The molecular formula is C15H18N4O. The molecular weight excluding hydrogens is 252 g/mol. The van der Waals surface area contributed by atoms with Crippen LogP contribution in [0.3, 0.4) is 0 Å². The van der Waals surface area contributed by atoms with Crippen molar-refractivity contribution >= 4 is 11.7 Å². The number of hydrogen-bond donors (Lipinski definition) is 2. The summed E-state index contributed by atoms with van der Waals surface area (Å²) in [6, 6.07) is 8.97. The predicted octanol–water partition coefficient (Wildman–Crippen LogP) is 1.78. The minimum absolute atomic E-state index is 0.0431. The van der Waals surface area contributed by atoms with E-state index in [-0.39, 0.29) is 6.03 Å². The van der Waals surface area contributed by atoms with Gasteiger partial charge in [0.15, 0.2) is 0 Å². The van der Waals surface area contributed by atoms with Gasteiger partial charge in [-0.1, -0.05) is 0 Å². The number of nitrogens with one attached hydrogen (secondary N) is 2. The summed E-state index contributed by atoms with van der Waals surface area (Å²) in [6.07, 6.45) is 2.24. The maximum absolute atomic E-state index is 12.2. The van der Waals surface area contributed by atoms with Crippen molar-refractivity contribution < 1.29 is 4.79 Å². The fourth-order valence-electron chi connectivity index (χ4n) is 3.08. The van der Waals surface area contributed by atoms with E-state index in [1.165, 1.54) is 0 Å². The highest BCUT2D eigenvalue weighted by Gasteiger charge is 2.41. The minimum Gasteiger partial charge on any atom is -0.324 e. The zero-order chi connectivity index (χ0) is 14.0. The highest BCUT2D eigenvalue weighted by atomic mass is 16.2. The maximum atomic E-state index is 12.2. The first kappa shape index (κ1) is 12.9. The molecule has 0 aromatic heterocycles. The Kier molecular flexibility index (Phi) is 3.33. The van der Waals surface area contributed by atoms with Crippen LogP contribution in [0.5, 0.6) is 0 Å². The van der Waals surface area contributed by atoms with Gasteiger partial charge in [-0.25, -0.2) is 4.79 Å². The highest BCUT2D eigenvalue weighted by Crippen LogP contribution is 2.36. The second kappa shape index (κ2) is 5.14. The molecule has 2 heterocycles. The second-order valence-corrected chi connectivity index (χ2v) is 5.72. The molecule has 2 saturated heterocycles. The molecule has 0 radical (unpaired) electrons. The summed E-state index contributed by atoms with van der Waals surface area (Å²) in [7, 11) is 0. The van der Waals surface area contributed by atoms with Crippen molar-refractivity contribution in [3.05, 3.63) is 29.8 Å². The lowest BCUT2D eigenvalue weighted by Gasteiger charge is -2.23. The van der Waals surface area contributed by atoms with Crippen molar-refractivity contribution in [2.75, 3.05) is 31.5 Å². The van der Waals surface area contributed by atoms with Gasteiger partial charge < -0.3 is 15.5 Å². The van der Waals surface area contributed by atoms with E-state index in [0.29, 0.717) is 11.0 Å². The Hall–Kier alpha value is -2.06. The molecule has 2 amide bonds. The molecule has 2 aliphatic heterocycles. The SMILES string of the molecule is N#Cc1ccc(NC(=O)N2CCC3(CCNC3)C2)cc1. The summed E-state index contributed by atoms with van der Waals surface area (Å²) >= 11 is 0. The lowest BCUT2D eigenvalue weighted by Crippen LogP contribution is -2.36. The quantitative estimate of drug-likeness (QED) is 0.817. The van der Waals surface area contributed by atoms with Gasteiger partial charge in [-0.2, -0.15) is 5.26 Å². The van der Waals surface area contributed by atoms with Gasteiger partial charge in [-0.05, 0) is 43.7 Å². The van der Waals surface area contributed by atoms with E-state index in [1.54, 1.807) is 24.3 Å². The molecule has 1 aromatic carbocycles. The molecule has 1 atom stereocenters. The average molecular weight is 270 g/mol. The number of nitriles is 1. The number of rotatable bonds is 1. The van der Waals surface area contributed by atoms with Crippen LogP contribution in [-0.4, -0.2) is 37.1 Å². The van der Waals surface area contributed by atoms with E-state index in [4.69, 9.17) is 5.26 Å². The first-order valence-electron chi connectivity index (χ1n) is 6.98. The van der Waals surface area contributed by atoms with Crippen molar-refractivity contribution in [3.8, 4) is 6.07 Å². The fraction of sp³-hybridized carbons (Fsp3) is 0.467. The molecule has 2 fully saturated rings. The van der Waals surface area contributed by atoms with Gasteiger partial charge in [-0.3, -0.25) is 0 Å². The topological polar surface area (TPSA) is 68.2 Å². The number of amides is 2. The molecule has 1 unspecified atom stereocenters. The number of urea groups is 1. The van der Waals surface area contributed by atoms with Gasteiger partial charge in [-0.15, -0.1) is 0 Å².